The van der Waals surface area contributed by atoms with Gasteiger partial charge in [0.25, 0.3) is 0 Å². The van der Waals surface area contributed by atoms with Gasteiger partial charge < -0.3 is 10.6 Å². The molecule has 0 bridgehead atoms. The van der Waals surface area contributed by atoms with Crippen LogP contribution in [0.15, 0.2) is 66.9 Å². The van der Waals surface area contributed by atoms with Crippen LogP contribution in [0.5, 0.6) is 0 Å². The fourth-order valence-electron chi connectivity index (χ4n) is 2.35. The number of anilines is 3. The molecule has 0 aliphatic carbocycles. The zero-order chi connectivity index (χ0) is 18.4. The number of hydrogen-bond donors (Lipinski definition) is 3. The molecular weight excluding hydrogens is 333 g/mol. The van der Waals surface area contributed by atoms with Gasteiger partial charge in [0.15, 0.2) is 0 Å². The number of carbonyl (C=O) groups is 1. The van der Waals surface area contributed by atoms with Crippen molar-refractivity contribution in [3.8, 4) is 0 Å². The molecule has 3 rings (SSSR count). The van der Waals surface area contributed by atoms with Gasteiger partial charge in [0.05, 0.1) is 11.7 Å². The Morgan fingerprint density at radius 2 is 1.73 bits per heavy atom. The van der Waals surface area contributed by atoms with Crippen LogP contribution in [0.25, 0.3) is 0 Å². The van der Waals surface area contributed by atoms with Crippen molar-refractivity contribution in [3.05, 3.63) is 78.2 Å². The fourth-order valence-corrected chi connectivity index (χ4v) is 2.35. The smallest absolute Gasteiger partial charge is 0.324 e. The lowest BCUT2D eigenvalue weighted by Gasteiger charge is -2.14. The Morgan fingerprint density at radius 1 is 1.00 bits per heavy atom. The number of para-hydroxylation sites is 1. The summed E-state index contributed by atoms with van der Waals surface area (Å²) >= 11 is 0. The summed E-state index contributed by atoms with van der Waals surface area (Å²) < 4.78 is 13.6. The SMILES string of the molecule is C[C@H](Nc1nccc(NC(=O)Nc2ccccc2F)n1)c1ccccc1. The minimum Gasteiger partial charge on any atom is -0.348 e. The van der Waals surface area contributed by atoms with Crippen molar-refractivity contribution in [2.45, 2.75) is 13.0 Å². The Labute approximate surface area is 150 Å². The molecule has 2 amide bonds. The third-order valence-corrected chi connectivity index (χ3v) is 3.66. The molecule has 0 saturated heterocycles. The van der Waals surface area contributed by atoms with Crippen molar-refractivity contribution in [2.24, 2.45) is 0 Å². The lowest BCUT2D eigenvalue weighted by atomic mass is 10.1. The highest BCUT2D eigenvalue weighted by molar-refractivity contribution is 5.99. The summed E-state index contributed by atoms with van der Waals surface area (Å²) in [6.07, 6.45) is 1.53. The average Bonchev–Trinajstić information content (AvgIpc) is 2.64. The van der Waals surface area contributed by atoms with Gasteiger partial charge in [-0.25, -0.2) is 14.2 Å². The van der Waals surface area contributed by atoms with Crippen molar-refractivity contribution in [1.82, 2.24) is 9.97 Å². The van der Waals surface area contributed by atoms with Gasteiger partial charge in [0, 0.05) is 6.20 Å². The molecule has 1 atom stereocenters. The van der Waals surface area contributed by atoms with E-state index in [-0.39, 0.29) is 11.7 Å². The monoisotopic (exact) mass is 351 g/mol. The molecule has 0 fully saturated rings. The van der Waals surface area contributed by atoms with Gasteiger partial charge in [-0.15, -0.1) is 0 Å². The summed E-state index contributed by atoms with van der Waals surface area (Å²) in [5.41, 5.74) is 1.18. The third-order valence-electron chi connectivity index (χ3n) is 3.66. The van der Waals surface area contributed by atoms with Gasteiger partial charge in [-0.2, -0.15) is 4.98 Å². The first-order valence-electron chi connectivity index (χ1n) is 8.09. The first-order chi connectivity index (χ1) is 12.6. The maximum absolute atomic E-state index is 13.6. The normalized spacial score (nSPS) is 11.5. The zero-order valence-corrected chi connectivity index (χ0v) is 14.1. The van der Waals surface area contributed by atoms with E-state index in [0.29, 0.717) is 11.8 Å². The zero-order valence-electron chi connectivity index (χ0n) is 14.1. The minimum atomic E-state index is -0.587. The first kappa shape index (κ1) is 17.3. The molecule has 0 spiro atoms. The third kappa shape index (κ3) is 4.54. The van der Waals surface area contributed by atoms with Crippen LogP contribution in [0, 0.1) is 5.82 Å². The summed E-state index contributed by atoms with van der Waals surface area (Å²) in [5.74, 6) is 0.172. The molecule has 0 aliphatic rings. The second-order valence-corrected chi connectivity index (χ2v) is 5.60. The van der Waals surface area contributed by atoms with Crippen molar-refractivity contribution >= 4 is 23.5 Å². The molecule has 0 radical (unpaired) electrons. The Morgan fingerprint density at radius 3 is 2.50 bits per heavy atom. The number of benzene rings is 2. The van der Waals surface area contributed by atoms with E-state index in [4.69, 9.17) is 0 Å². The average molecular weight is 351 g/mol. The number of urea groups is 1. The van der Waals surface area contributed by atoms with Crippen LogP contribution in [0.1, 0.15) is 18.5 Å². The van der Waals surface area contributed by atoms with Crippen LogP contribution in [0.2, 0.25) is 0 Å². The number of nitrogens with zero attached hydrogens (tertiary/aromatic N) is 2. The van der Waals surface area contributed by atoms with Crippen LogP contribution >= 0.6 is 0 Å². The van der Waals surface area contributed by atoms with E-state index in [1.165, 1.54) is 18.3 Å². The van der Waals surface area contributed by atoms with Crippen LogP contribution in [-0.2, 0) is 0 Å². The van der Waals surface area contributed by atoms with Crippen LogP contribution in [-0.4, -0.2) is 16.0 Å². The van der Waals surface area contributed by atoms with E-state index >= 15 is 0 Å². The lowest BCUT2D eigenvalue weighted by molar-refractivity contribution is 0.262. The maximum Gasteiger partial charge on any atom is 0.324 e. The highest BCUT2D eigenvalue weighted by Gasteiger charge is 2.10. The molecule has 1 aromatic heterocycles. The number of rotatable bonds is 5. The number of aromatic nitrogens is 2. The molecule has 3 aromatic rings. The molecular formula is C19H18FN5O. The van der Waals surface area contributed by atoms with E-state index in [0.717, 1.165) is 5.56 Å². The molecule has 0 unspecified atom stereocenters. The minimum absolute atomic E-state index is 0.00121. The molecule has 3 N–H and O–H groups in total. The number of carbonyl (C=O) groups excluding carboxylic acids is 1. The summed E-state index contributed by atoms with van der Waals surface area (Å²) in [6, 6.07) is 16.8. The van der Waals surface area contributed by atoms with Gasteiger partial charge in [0.1, 0.15) is 11.6 Å². The lowest BCUT2D eigenvalue weighted by Crippen LogP contribution is -2.21. The number of halogens is 1. The summed E-state index contributed by atoms with van der Waals surface area (Å²) in [6.45, 7) is 1.99. The molecule has 0 saturated carbocycles. The number of hydrogen-bond acceptors (Lipinski definition) is 4. The topological polar surface area (TPSA) is 78.9 Å². The quantitative estimate of drug-likeness (QED) is 0.635. The maximum atomic E-state index is 13.6. The van der Waals surface area contributed by atoms with Crippen LogP contribution in [0.3, 0.4) is 0 Å². The Bertz CT molecular complexity index is 888. The fraction of sp³-hybridized carbons (Fsp3) is 0.105. The van der Waals surface area contributed by atoms with Crippen molar-refractivity contribution in [3.63, 3.8) is 0 Å². The predicted octanol–water partition coefficient (Wildman–Crippen LogP) is 4.43. The largest absolute Gasteiger partial charge is 0.348 e. The Hall–Kier alpha value is -3.48. The van der Waals surface area contributed by atoms with E-state index in [1.807, 2.05) is 37.3 Å². The molecule has 6 nitrogen and oxygen atoms in total. The van der Waals surface area contributed by atoms with Crippen LogP contribution in [0.4, 0.5) is 26.6 Å². The van der Waals surface area contributed by atoms with Gasteiger partial charge >= 0.3 is 6.03 Å². The summed E-state index contributed by atoms with van der Waals surface area (Å²) in [7, 11) is 0. The standard InChI is InChI=1S/C19H18FN5O/c1-13(14-7-3-2-4-8-14)22-18-21-12-11-17(24-18)25-19(26)23-16-10-6-5-9-15(16)20/h2-13H,1H3,(H3,21,22,23,24,25,26)/t13-/m0/s1. The molecule has 7 heteroatoms. The van der Waals surface area contributed by atoms with E-state index < -0.39 is 11.8 Å². The highest BCUT2D eigenvalue weighted by atomic mass is 19.1. The number of amides is 2. The second-order valence-electron chi connectivity index (χ2n) is 5.60. The van der Waals surface area contributed by atoms with E-state index in [1.54, 1.807) is 18.2 Å². The molecule has 0 aliphatic heterocycles. The highest BCUT2D eigenvalue weighted by Crippen LogP contribution is 2.17. The van der Waals surface area contributed by atoms with Gasteiger partial charge in [-0.05, 0) is 30.7 Å². The molecule has 26 heavy (non-hydrogen) atoms. The molecule has 2 aromatic carbocycles. The predicted molar refractivity (Wildman–Crippen MR) is 99.6 cm³/mol. The summed E-state index contributed by atoms with van der Waals surface area (Å²) in [5, 5.41) is 8.18. The van der Waals surface area contributed by atoms with Crippen LogP contribution < -0.4 is 16.0 Å². The number of nitrogens with one attached hydrogen (secondary N) is 3. The van der Waals surface area contributed by atoms with Gasteiger partial charge in [-0.1, -0.05) is 42.5 Å². The van der Waals surface area contributed by atoms with Gasteiger partial charge in [0.2, 0.25) is 5.95 Å². The van der Waals surface area contributed by atoms with Crippen molar-refractivity contribution in [1.29, 1.82) is 0 Å². The Balaban J connectivity index is 1.64. The molecule has 1 heterocycles. The summed E-state index contributed by atoms with van der Waals surface area (Å²) in [4.78, 5) is 20.4. The van der Waals surface area contributed by atoms with Gasteiger partial charge in [-0.3, -0.25) is 5.32 Å². The molecule has 132 valence electrons. The Kier molecular flexibility index (Phi) is 5.38. The van der Waals surface area contributed by atoms with Crippen molar-refractivity contribution < 1.29 is 9.18 Å². The first-order valence-corrected chi connectivity index (χ1v) is 8.09. The second kappa shape index (κ2) is 8.06. The van der Waals surface area contributed by atoms with E-state index in [9.17, 15) is 9.18 Å². The van der Waals surface area contributed by atoms with Crippen molar-refractivity contribution in [2.75, 3.05) is 16.0 Å². The van der Waals surface area contributed by atoms with E-state index in [2.05, 4.69) is 25.9 Å².